The second-order valence-corrected chi connectivity index (χ2v) is 6.71. The number of anilines is 2. The van der Waals surface area contributed by atoms with Gasteiger partial charge in [-0.2, -0.15) is 0 Å². The van der Waals surface area contributed by atoms with Gasteiger partial charge in [0, 0.05) is 56.9 Å². The molecule has 2 aromatic heterocycles. The van der Waals surface area contributed by atoms with E-state index in [1.807, 2.05) is 18.2 Å². The zero-order chi connectivity index (χ0) is 20.1. The molecule has 0 radical (unpaired) electrons. The van der Waals surface area contributed by atoms with E-state index in [0.29, 0.717) is 30.2 Å². The van der Waals surface area contributed by atoms with Gasteiger partial charge in [0.05, 0.1) is 5.56 Å². The molecule has 29 heavy (non-hydrogen) atoms. The van der Waals surface area contributed by atoms with E-state index in [1.165, 1.54) is 18.5 Å². The SMILES string of the molecule is O=C(c1cnc(NCc2ccccc2F)nc1)N1CCN(c2ccccn2)CC1. The number of carbonyl (C=O) groups excluding carboxylic acids is 1. The molecule has 7 nitrogen and oxygen atoms in total. The van der Waals surface area contributed by atoms with E-state index >= 15 is 0 Å². The lowest BCUT2D eigenvalue weighted by molar-refractivity contribution is 0.0745. The van der Waals surface area contributed by atoms with E-state index < -0.39 is 0 Å². The maximum atomic E-state index is 13.7. The van der Waals surface area contributed by atoms with Crippen molar-refractivity contribution in [3.63, 3.8) is 0 Å². The monoisotopic (exact) mass is 392 g/mol. The van der Waals surface area contributed by atoms with Crippen LogP contribution in [0.2, 0.25) is 0 Å². The smallest absolute Gasteiger partial charge is 0.257 e. The standard InChI is InChI=1S/C21H21FN6O/c22-18-6-2-1-5-16(18)13-24-21-25-14-17(15-26-21)20(29)28-11-9-27(10-12-28)19-7-3-4-8-23-19/h1-8,14-15H,9-13H2,(H,24,25,26). The van der Waals surface area contributed by atoms with E-state index in [9.17, 15) is 9.18 Å². The molecule has 8 heteroatoms. The minimum absolute atomic E-state index is 0.0914. The van der Waals surface area contributed by atoms with E-state index in [2.05, 4.69) is 25.2 Å². The van der Waals surface area contributed by atoms with Crippen molar-refractivity contribution in [1.82, 2.24) is 19.9 Å². The summed E-state index contributed by atoms with van der Waals surface area (Å²) in [6, 6.07) is 12.3. The number of rotatable bonds is 5. The molecule has 4 rings (SSSR count). The molecular formula is C21H21FN6O. The third-order valence-electron chi connectivity index (χ3n) is 4.83. The van der Waals surface area contributed by atoms with Gasteiger partial charge >= 0.3 is 0 Å². The largest absolute Gasteiger partial charge is 0.353 e. The Morgan fingerprint density at radius 2 is 1.69 bits per heavy atom. The van der Waals surface area contributed by atoms with Crippen molar-refractivity contribution in [2.45, 2.75) is 6.54 Å². The number of halogens is 1. The van der Waals surface area contributed by atoms with E-state index in [4.69, 9.17) is 0 Å². The van der Waals surface area contributed by atoms with Gasteiger partial charge in [-0.3, -0.25) is 4.79 Å². The normalized spacial score (nSPS) is 14.0. The summed E-state index contributed by atoms with van der Waals surface area (Å²) in [5.41, 5.74) is 0.967. The highest BCUT2D eigenvalue weighted by Gasteiger charge is 2.23. The van der Waals surface area contributed by atoms with Crippen molar-refractivity contribution < 1.29 is 9.18 Å². The Morgan fingerprint density at radius 3 is 2.38 bits per heavy atom. The Bertz CT molecular complexity index is 958. The van der Waals surface area contributed by atoms with Crippen molar-refractivity contribution in [1.29, 1.82) is 0 Å². The van der Waals surface area contributed by atoms with Gasteiger partial charge in [0.25, 0.3) is 5.91 Å². The van der Waals surface area contributed by atoms with Gasteiger partial charge < -0.3 is 15.1 Å². The number of hydrogen-bond acceptors (Lipinski definition) is 6. The van der Waals surface area contributed by atoms with Gasteiger partial charge in [0.1, 0.15) is 11.6 Å². The average molecular weight is 392 g/mol. The lowest BCUT2D eigenvalue weighted by Crippen LogP contribution is -2.49. The van der Waals surface area contributed by atoms with Gasteiger partial charge in [-0.25, -0.2) is 19.3 Å². The first kappa shape index (κ1) is 18.8. The summed E-state index contributed by atoms with van der Waals surface area (Å²) in [5.74, 6) is 0.904. The molecule has 1 aromatic carbocycles. The van der Waals surface area contributed by atoms with Crippen LogP contribution in [0.3, 0.4) is 0 Å². The molecule has 3 heterocycles. The molecule has 0 spiro atoms. The minimum Gasteiger partial charge on any atom is -0.353 e. The topological polar surface area (TPSA) is 74.2 Å². The summed E-state index contributed by atoms with van der Waals surface area (Å²) in [6.07, 6.45) is 4.78. The Balaban J connectivity index is 1.32. The Hall–Kier alpha value is -3.55. The summed E-state index contributed by atoms with van der Waals surface area (Å²) in [4.78, 5) is 29.4. The van der Waals surface area contributed by atoms with Crippen molar-refractivity contribution in [2.24, 2.45) is 0 Å². The highest BCUT2D eigenvalue weighted by molar-refractivity contribution is 5.93. The Labute approximate surface area is 168 Å². The van der Waals surface area contributed by atoms with Crippen LogP contribution in [0.25, 0.3) is 0 Å². The van der Waals surface area contributed by atoms with Crippen molar-refractivity contribution in [3.8, 4) is 0 Å². The van der Waals surface area contributed by atoms with E-state index in [-0.39, 0.29) is 18.3 Å². The summed E-state index contributed by atoms with van der Waals surface area (Å²) in [6.45, 7) is 2.96. The summed E-state index contributed by atoms with van der Waals surface area (Å²) in [5, 5.41) is 2.97. The molecule has 0 saturated carbocycles. The van der Waals surface area contributed by atoms with Gasteiger partial charge in [-0.1, -0.05) is 24.3 Å². The second-order valence-electron chi connectivity index (χ2n) is 6.71. The van der Waals surface area contributed by atoms with Crippen LogP contribution in [0.4, 0.5) is 16.2 Å². The molecule has 1 aliphatic heterocycles. The number of aromatic nitrogens is 3. The fraction of sp³-hybridized carbons (Fsp3) is 0.238. The van der Waals surface area contributed by atoms with Crippen LogP contribution in [0, 0.1) is 5.82 Å². The van der Waals surface area contributed by atoms with Crippen LogP contribution in [0.15, 0.2) is 61.1 Å². The van der Waals surface area contributed by atoms with E-state index in [1.54, 1.807) is 29.3 Å². The fourth-order valence-electron chi connectivity index (χ4n) is 3.21. The average Bonchev–Trinajstić information content (AvgIpc) is 2.79. The van der Waals surface area contributed by atoms with Gasteiger partial charge in [-0.15, -0.1) is 0 Å². The number of benzene rings is 1. The van der Waals surface area contributed by atoms with Gasteiger partial charge in [0.15, 0.2) is 0 Å². The van der Waals surface area contributed by atoms with Crippen molar-refractivity contribution >= 4 is 17.7 Å². The maximum Gasteiger partial charge on any atom is 0.257 e. The van der Waals surface area contributed by atoms with Crippen LogP contribution >= 0.6 is 0 Å². The number of piperazine rings is 1. The molecular weight excluding hydrogens is 371 g/mol. The number of hydrogen-bond donors (Lipinski definition) is 1. The third-order valence-corrected chi connectivity index (χ3v) is 4.83. The predicted octanol–water partition coefficient (Wildman–Crippen LogP) is 2.59. The van der Waals surface area contributed by atoms with Gasteiger partial charge in [-0.05, 0) is 18.2 Å². The Morgan fingerprint density at radius 1 is 0.966 bits per heavy atom. The number of nitrogens with zero attached hydrogens (tertiary/aromatic N) is 5. The molecule has 1 saturated heterocycles. The molecule has 1 fully saturated rings. The summed E-state index contributed by atoms with van der Waals surface area (Å²) < 4.78 is 13.7. The van der Waals surface area contributed by atoms with Crippen LogP contribution in [-0.2, 0) is 6.54 Å². The zero-order valence-electron chi connectivity index (χ0n) is 15.8. The van der Waals surface area contributed by atoms with Crippen LogP contribution in [0.5, 0.6) is 0 Å². The zero-order valence-corrected chi connectivity index (χ0v) is 15.8. The van der Waals surface area contributed by atoms with Gasteiger partial charge in [0.2, 0.25) is 5.95 Å². The molecule has 1 N–H and O–H groups in total. The second kappa shape index (κ2) is 8.64. The number of carbonyl (C=O) groups is 1. The lowest BCUT2D eigenvalue weighted by atomic mass is 10.2. The van der Waals surface area contributed by atoms with Crippen LogP contribution in [0.1, 0.15) is 15.9 Å². The van der Waals surface area contributed by atoms with Crippen molar-refractivity contribution in [3.05, 3.63) is 78.0 Å². The van der Waals surface area contributed by atoms with Crippen LogP contribution in [-0.4, -0.2) is 51.9 Å². The summed E-state index contributed by atoms with van der Waals surface area (Å²) in [7, 11) is 0. The first-order valence-electron chi connectivity index (χ1n) is 9.45. The van der Waals surface area contributed by atoms with E-state index in [0.717, 1.165) is 18.9 Å². The maximum absolute atomic E-state index is 13.7. The molecule has 0 atom stereocenters. The fourth-order valence-corrected chi connectivity index (χ4v) is 3.21. The predicted molar refractivity (Wildman–Crippen MR) is 108 cm³/mol. The molecule has 0 aliphatic carbocycles. The molecule has 148 valence electrons. The van der Waals surface area contributed by atoms with Crippen LogP contribution < -0.4 is 10.2 Å². The Kier molecular flexibility index (Phi) is 5.60. The number of nitrogens with one attached hydrogen (secondary N) is 1. The first-order valence-corrected chi connectivity index (χ1v) is 9.45. The summed E-state index contributed by atoms with van der Waals surface area (Å²) >= 11 is 0. The molecule has 1 amide bonds. The molecule has 3 aromatic rings. The minimum atomic E-state index is -0.281. The van der Waals surface area contributed by atoms with Crippen molar-refractivity contribution in [2.75, 3.05) is 36.4 Å². The molecule has 0 bridgehead atoms. The third kappa shape index (κ3) is 4.48. The highest BCUT2D eigenvalue weighted by Crippen LogP contribution is 2.15. The molecule has 0 unspecified atom stereocenters. The quantitative estimate of drug-likeness (QED) is 0.720. The number of pyridine rings is 1. The highest BCUT2D eigenvalue weighted by atomic mass is 19.1. The first-order chi connectivity index (χ1) is 14.2. The number of amides is 1. The molecule has 1 aliphatic rings. The lowest BCUT2D eigenvalue weighted by Gasteiger charge is -2.35.